The van der Waals surface area contributed by atoms with Gasteiger partial charge in [-0.25, -0.2) is 9.78 Å². The van der Waals surface area contributed by atoms with Crippen LogP contribution in [0.25, 0.3) is 22.4 Å². The highest BCUT2D eigenvalue weighted by Gasteiger charge is 2.16. The zero-order chi connectivity index (χ0) is 18.0. The van der Waals surface area contributed by atoms with Crippen LogP contribution in [0, 0.1) is 0 Å². The van der Waals surface area contributed by atoms with Crippen molar-refractivity contribution in [1.29, 1.82) is 0 Å². The molecule has 0 bridgehead atoms. The monoisotopic (exact) mass is 340 g/mol. The van der Waals surface area contributed by atoms with Gasteiger partial charge >= 0.3 is 5.97 Å². The number of aryl methyl sites for hydroxylation is 1. The van der Waals surface area contributed by atoms with E-state index >= 15 is 0 Å². The van der Waals surface area contributed by atoms with E-state index in [2.05, 4.69) is 9.55 Å². The van der Waals surface area contributed by atoms with Gasteiger partial charge in [-0.1, -0.05) is 0 Å². The Labute approximate surface area is 145 Å². The highest BCUT2D eigenvalue weighted by molar-refractivity contribution is 5.94. The Morgan fingerprint density at radius 3 is 2.68 bits per heavy atom. The Bertz CT molecular complexity index is 931. The first-order chi connectivity index (χ1) is 12.1. The molecule has 6 heteroatoms. The van der Waals surface area contributed by atoms with Crippen LogP contribution in [-0.2, 0) is 11.3 Å². The summed E-state index contributed by atoms with van der Waals surface area (Å²) in [6.07, 6.45) is 0. The second kappa shape index (κ2) is 6.84. The summed E-state index contributed by atoms with van der Waals surface area (Å²) >= 11 is 0. The second-order valence-electron chi connectivity index (χ2n) is 5.49. The van der Waals surface area contributed by atoms with E-state index in [9.17, 15) is 9.90 Å². The van der Waals surface area contributed by atoms with Crippen molar-refractivity contribution in [2.75, 3.05) is 13.7 Å². The van der Waals surface area contributed by atoms with Gasteiger partial charge in [0.1, 0.15) is 5.82 Å². The molecule has 0 aliphatic carbocycles. The maximum atomic E-state index is 11.9. The number of rotatable bonds is 5. The molecule has 2 aromatic carbocycles. The number of esters is 1. The summed E-state index contributed by atoms with van der Waals surface area (Å²) in [6.45, 7) is 4.85. The van der Waals surface area contributed by atoms with E-state index in [4.69, 9.17) is 9.47 Å². The van der Waals surface area contributed by atoms with Crippen molar-refractivity contribution in [1.82, 2.24) is 9.55 Å². The number of phenolic OH excluding ortho intramolecular Hbond substituents is 1. The molecule has 0 saturated carbocycles. The van der Waals surface area contributed by atoms with Crippen molar-refractivity contribution in [3.05, 3.63) is 42.0 Å². The molecule has 0 amide bonds. The van der Waals surface area contributed by atoms with Crippen LogP contribution < -0.4 is 4.74 Å². The largest absolute Gasteiger partial charge is 0.504 e. The number of hydrogen-bond donors (Lipinski definition) is 1. The number of aromatic nitrogens is 2. The topological polar surface area (TPSA) is 73.6 Å². The molecule has 0 saturated heterocycles. The molecular formula is C19H20N2O4. The molecule has 0 aliphatic rings. The minimum Gasteiger partial charge on any atom is -0.504 e. The number of carbonyl (C=O) groups is 1. The Hall–Kier alpha value is -3.02. The molecule has 0 fully saturated rings. The smallest absolute Gasteiger partial charge is 0.338 e. The fourth-order valence-electron chi connectivity index (χ4n) is 2.83. The molecule has 0 unspecified atom stereocenters. The van der Waals surface area contributed by atoms with Gasteiger partial charge in [-0.2, -0.15) is 0 Å². The van der Waals surface area contributed by atoms with Crippen LogP contribution in [0.5, 0.6) is 11.5 Å². The second-order valence-corrected chi connectivity index (χ2v) is 5.49. The number of carbonyl (C=O) groups excluding carboxylic acids is 1. The van der Waals surface area contributed by atoms with Gasteiger partial charge in [0.15, 0.2) is 11.5 Å². The van der Waals surface area contributed by atoms with Crippen LogP contribution >= 0.6 is 0 Å². The lowest BCUT2D eigenvalue weighted by Gasteiger charge is -2.09. The van der Waals surface area contributed by atoms with Gasteiger partial charge in [-0.15, -0.1) is 0 Å². The van der Waals surface area contributed by atoms with E-state index in [0.29, 0.717) is 24.5 Å². The van der Waals surface area contributed by atoms with Gasteiger partial charge in [0.25, 0.3) is 0 Å². The third-order valence-corrected chi connectivity index (χ3v) is 4.01. The van der Waals surface area contributed by atoms with Gasteiger partial charge in [0.05, 0.1) is 30.3 Å². The highest BCUT2D eigenvalue weighted by Crippen LogP contribution is 2.32. The molecule has 6 nitrogen and oxygen atoms in total. The Morgan fingerprint density at radius 1 is 1.20 bits per heavy atom. The third kappa shape index (κ3) is 3.03. The number of methoxy groups -OCH3 is 1. The summed E-state index contributed by atoms with van der Waals surface area (Å²) in [5.74, 6) is 0.856. The number of fused-ring (bicyclic) bond motifs is 1. The highest BCUT2D eigenvalue weighted by atomic mass is 16.5. The Balaban J connectivity index is 2.14. The van der Waals surface area contributed by atoms with E-state index in [1.807, 2.05) is 13.0 Å². The molecular weight excluding hydrogens is 320 g/mol. The number of ether oxygens (including phenoxy) is 2. The number of aromatic hydroxyl groups is 1. The fraction of sp³-hybridized carbons (Fsp3) is 0.263. The number of benzene rings is 2. The van der Waals surface area contributed by atoms with E-state index in [-0.39, 0.29) is 11.7 Å². The minimum absolute atomic E-state index is 0.0787. The lowest BCUT2D eigenvalue weighted by atomic mass is 10.2. The summed E-state index contributed by atoms with van der Waals surface area (Å²) in [5.41, 5.74) is 2.95. The van der Waals surface area contributed by atoms with E-state index in [0.717, 1.165) is 22.4 Å². The first-order valence-corrected chi connectivity index (χ1v) is 8.13. The Kier molecular flexibility index (Phi) is 4.61. The zero-order valence-corrected chi connectivity index (χ0v) is 14.4. The van der Waals surface area contributed by atoms with Crippen molar-refractivity contribution >= 4 is 17.0 Å². The Morgan fingerprint density at radius 2 is 2.00 bits per heavy atom. The molecule has 1 N–H and O–H groups in total. The normalized spacial score (nSPS) is 10.8. The molecule has 0 atom stereocenters. The predicted molar refractivity (Wildman–Crippen MR) is 95.0 cm³/mol. The summed E-state index contributed by atoms with van der Waals surface area (Å²) in [5, 5.41) is 9.79. The van der Waals surface area contributed by atoms with Gasteiger partial charge in [0.2, 0.25) is 0 Å². The third-order valence-electron chi connectivity index (χ3n) is 4.01. The van der Waals surface area contributed by atoms with Crippen molar-refractivity contribution in [2.45, 2.75) is 20.4 Å². The van der Waals surface area contributed by atoms with Crippen molar-refractivity contribution in [2.24, 2.45) is 0 Å². The zero-order valence-electron chi connectivity index (χ0n) is 14.4. The molecule has 0 aliphatic heterocycles. The standard InChI is InChI=1S/C19H20N2O4/c1-4-21-15-8-6-13(19(23)25-5-2)10-14(15)20-18(21)12-7-9-16(22)17(11-12)24-3/h6-11,22H,4-5H2,1-3H3. The van der Waals surface area contributed by atoms with Crippen molar-refractivity contribution in [3.63, 3.8) is 0 Å². The molecule has 1 heterocycles. The summed E-state index contributed by atoms with van der Waals surface area (Å²) < 4.78 is 12.3. The lowest BCUT2D eigenvalue weighted by molar-refractivity contribution is 0.0526. The molecule has 3 aromatic rings. The average molecular weight is 340 g/mol. The molecule has 130 valence electrons. The van der Waals surface area contributed by atoms with Gasteiger partial charge in [-0.05, 0) is 50.2 Å². The SMILES string of the molecule is CCOC(=O)c1ccc2c(c1)nc(-c1ccc(O)c(OC)c1)n2CC. The fourth-order valence-corrected chi connectivity index (χ4v) is 2.83. The molecule has 0 radical (unpaired) electrons. The summed E-state index contributed by atoms with van der Waals surface area (Å²) in [6, 6.07) is 10.5. The number of phenols is 1. The molecule has 25 heavy (non-hydrogen) atoms. The van der Waals surface area contributed by atoms with Crippen LogP contribution in [0.15, 0.2) is 36.4 Å². The molecule has 0 spiro atoms. The quantitative estimate of drug-likeness (QED) is 0.718. The lowest BCUT2D eigenvalue weighted by Crippen LogP contribution is -2.04. The number of nitrogens with zero attached hydrogens (tertiary/aromatic N) is 2. The van der Waals surface area contributed by atoms with Crippen LogP contribution in [-0.4, -0.2) is 34.3 Å². The van der Waals surface area contributed by atoms with Crippen LogP contribution in [0.4, 0.5) is 0 Å². The van der Waals surface area contributed by atoms with Gasteiger partial charge < -0.3 is 19.1 Å². The van der Waals surface area contributed by atoms with Crippen molar-refractivity contribution in [3.8, 4) is 22.9 Å². The van der Waals surface area contributed by atoms with Crippen LogP contribution in [0.2, 0.25) is 0 Å². The van der Waals surface area contributed by atoms with Crippen molar-refractivity contribution < 1.29 is 19.4 Å². The average Bonchev–Trinajstić information content (AvgIpc) is 3.00. The minimum atomic E-state index is -0.358. The first-order valence-electron chi connectivity index (χ1n) is 8.13. The summed E-state index contributed by atoms with van der Waals surface area (Å²) in [7, 11) is 1.51. The first kappa shape index (κ1) is 16.8. The van der Waals surface area contributed by atoms with E-state index < -0.39 is 0 Å². The molecule has 1 aromatic heterocycles. The number of hydrogen-bond acceptors (Lipinski definition) is 5. The van der Waals surface area contributed by atoms with Crippen LogP contribution in [0.3, 0.4) is 0 Å². The maximum Gasteiger partial charge on any atom is 0.338 e. The summed E-state index contributed by atoms with van der Waals surface area (Å²) in [4.78, 5) is 16.6. The molecule has 3 rings (SSSR count). The maximum absolute atomic E-state index is 11.9. The predicted octanol–water partition coefficient (Wildman–Crippen LogP) is 3.61. The van der Waals surface area contributed by atoms with Gasteiger partial charge in [-0.3, -0.25) is 0 Å². The van der Waals surface area contributed by atoms with Crippen LogP contribution in [0.1, 0.15) is 24.2 Å². The van der Waals surface area contributed by atoms with E-state index in [1.165, 1.54) is 7.11 Å². The van der Waals surface area contributed by atoms with Gasteiger partial charge in [0, 0.05) is 12.1 Å². The van der Waals surface area contributed by atoms with E-state index in [1.54, 1.807) is 37.3 Å². The number of imidazole rings is 1.